The Hall–Kier alpha value is -1.30. The van der Waals surface area contributed by atoms with E-state index >= 15 is 0 Å². The van der Waals surface area contributed by atoms with Crippen LogP contribution in [0.15, 0.2) is 24.3 Å². The number of aromatic nitrogens is 1. The van der Waals surface area contributed by atoms with E-state index in [-0.39, 0.29) is 0 Å². The minimum atomic E-state index is 0.699. The monoisotopic (exact) mass is 394 g/mol. The number of ether oxygens (including phenoxy) is 1. The van der Waals surface area contributed by atoms with Crippen LogP contribution in [-0.2, 0) is 6.42 Å². The van der Waals surface area contributed by atoms with Gasteiger partial charge < -0.3 is 9.64 Å². The molecule has 0 fully saturated rings. The summed E-state index contributed by atoms with van der Waals surface area (Å²) in [5.41, 5.74) is 4.90. The minimum Gasteiger partial charge on any atom is -0.494 e. The third kappa shape index (κ3) is 2.73. The van der Waals surface area contributed by atoms with Crippen LogP contribution < -0.4 is 9.64 Å². The molecule has 0 N–H and O–H groups in total. The van der Waals surface area contributed by atoms with Gasteiger partial charge in [-0.25, -0.2) is 4.98 Å². The molecule has 3 nitrogen and oxygen atoms in total. The van der Waals surface area contributed by atoms with Gasteiger partial charge in [0, 0.05) is 27.1 Å². The number of nitrogens with zero attached hydrogens (tertiary/aromatic N) is 2. The fraction of sp³-hybridized carbons (Fsp3) is 0.353. The van der Waals surface area contributed by atoms with Gasteiger partial charge in [0.05, 0.1) is 6.61 Å². The number of aryl methyl sites for hydroxylation is 2. The normalized spacial score (nSPS) is 13.4. The highest BCUT2D eigenvalue weighted by Crippen LogP contribution is 2.37. The zero-order valence-corrected chi connectivity index (χ0v) is 14.8. The summed E-state index contributed by atoms with van der Waals surface area (Å²) >= 11 is 2.42. The second-order valence-corrected chi connectivity index (χ2v) is 6.49. The molecule has 0 saturated carbocycles. The van der Waals surface area contributed by atoms with E-state index in [0.29, 0.717) is 6.61 Å². The predicted octanol–water partition coefficient (Wildman–Crippen LogP) is 4.40. The first-order valence-corrected chi connectivity index (χ1v) is 8.35. The molecule has 3 rings (SSSR count). The van der Waals surface area contributed by atoms with Gasteiger partial charge in [0.25, 0.3) is 0 Å². The zero-order valence-electron chi connectivity index (χ0n) is 12.6. The molecule has 0 bridgehead atoms. The third-order valence-electron chi connectivity index (χ3n) is 3.79. The summed E-state index contributed by atoms with van der Waals surface area (Å²) in [5.74, 6) is 2.05. The maximum absolute atomic E-state index is 5.58. The lowest BCUT2D eigenvalue weighted by molar-refractivity contribution is 0.340. The van der Waals surface area contributed by atoms with Crippen LogP contribution in [0.5, 0.6) is 5.75 Å². The van der Waals surface area contributed by atoms with Crippen molar-refractivity contribution < 1.29 is 4.74 Å². The number of benzene rings is 1. The summed E-state index contributed by atoms with van der Waals surface area (Å²) in [7, 11) is 0. The number of fused-ring (bicyclic) bond motifs is 1. The lowest BCUT2D eigenvalue weighted by Gasteiger charge is -2.21. The average Bonchev–Trinajstić information content (AvgIpc) is 2.83. The van der Waals surface area contributed by atoms with Gasteiger partial charge in [-0.15, -0.1) is 0 Å². The van der Waals surface area contributed by atoms with Crippen molar-refractivity contribution >= 4 is 34.1 Å². The number of anilines is 2. The Bertz CT molecular complexity index is 685. The molecule has 21 heavy (non-hydrogen) atoms. The van der Waals surface area contributed by atoms with Crippen LogP contribution >= 0.6 is 22.6 Å². The molecule has 2 heterocycles. The smallest absolute Gasteiger partial charge is 0.137 e. The summed E-state index contributed by atoms with van der Waals surface area (Å²) < 4.78 is 6.90. The molecule has 0 spiro atoms. The van der Waals surface area contributed by atoms with Crippen LogP contribution in [0.1, 0.15) is 23.7 Å². The Labute approximate surface area is 139 Å². The Morgan fingerprint density at radius 1 is 1.29 bits per heavy atom. The quantitative estimate of drug-likeness (QED) is 0.722. The van der Waals surface area contributed by atoms with Gasteiger partial charge in [-0.05, 0) is 79.6 Å². The highest BCUT2D eigenvalue weighted by atomic mass is 127. The van der Waals surface area contributed by atoms with Crippen LogP contribution in [0.25, 0.3) is 0 Å². The summed E-state index contributed by atoms with van der Waals surface area (Å²) in [6.07, 6.45) is 1.06. The number of hydrogen-bond acceptors (Lipinski definition) is 3. The van der Waals surface area contributed by atoms with E-state index in [9.17, 15) is 0 Å². The molecule has 0 radical (unpaired) electrons. The second-order valence-electron chi connectivity index (χ2n) is 5.33. The Morgan fingerprint density at radius 3 is 2.81 bits per heavy atom. The van der Waals surface area contributed by atoms with Crippen molar-refractivity contribution in [2.24, 2.45) is 0 Å². The van der Waals surface area contributed by atoms with E-state index in [1.807, 2.05) is 13.0 Å². The van der Waals surface area contributed by atoms with E-state index in [2.05, 4.69) is 59.5 Å². The van der Waals surface area contributed by atoms with E-state index in [4.69, 9.17) is 9.72 Å². The van der Waals surface area contributed by atoms with Gasteiger partial charge in [0.15, 0.2) is 0 Å². The molecule has 110 valence electrons. The summed E-state index contributed by atoms with van der Waals surface area (Å²) in [6.45, 7) is 7.90. The molecule has 4 heteroatoms. The van der Waals surface area contributed by atoms with E-state index in [1.54, 1.807) is 0 Å². The van der Waals surface area contributed by atoms with Crippen molar-refractivity contribution in [1.82, 2.24) is 4.98 Å². The average molecular weight is 394 g/mol. The summed E-state index contributed by atoms with van der Waals surface area (Å²) in [6, 6.07) is 8.46. The Balaban J connectivity index is 2.01. The molecule has 0 aliphatic carbocycles. The molecule has 0 unspecified atom stereocenters. The fourth-order valence-corrected chi connectivity index (χ4v) is 3.81. The van der Waals surface area contributed by atoms with Gasteiger partial charge in [-0.3, -0.25) is 0 Å². The topological polar surface area (TPSA) is 25.4 Å². The van der Waals surface area contributed by atoms with E-state index < -0.39 is 0 Å². The summed E-state index contributed by atoms with van der Waals surface area (Å²) in [4.78, 5) is 7.09. The maximum Gasteiger partial charge on any atom is 0.137 e. The van der Waals surface area contributed by atoms with Gasteiger partial charge in [-0.1, -0.05) is 0 Å². The Kier molecular flexibility index (Phi) is 4.06. The highest BCUT2D eigenvalue weighted by molar-refractivity contribution is 14.1. The van der Waals surface area contributed by atoms with Crippen LogP contribution in [0.3, 0.4) is 0 Å². The van der Waals surface area contributed by atoms with Gasteiger partial charge in [0.1, 0.15) is 11.6 Å². The van der Waals surface area contributed by atoms with Gasteiger partial charge in [0.2, 0.25) is 0 Å². The lowest BCUT2D eigenvalue weighted by atomic mass is 10.1. The molecule has 1 aromatic carbocycles. The van der Waals surface area contributed by atoms with Crippen molar-refractivity contribution in [2.75, 3.05) is 18.1 Å². The molecule has 1 aromatic heterocycles. The molecule has 1 aliphatic heterocycles. The van der Waals surface area contributed by atoms with Crippen molar-refractivity contribution in [1.29, 1.82) is 0 Å². The molecular weight excluding hydrogens is 375 g/mol. The highest BCUT2D eigenvalue weighted by Gasteiger charge is 2.25. The van der Waals surface area contributed by atoms with Crippen molar-refractivity contribution in [3.05, 3.63) is 44.7 Å². The number of rotatable bonds is 3. The van der Waals surface area contributed by atoms with Crippen molar-refractivity contribution in [2.45, 2.75) is 27.2 Å². The largest absolute Gasteiger partial charge is 0.494 e. The number of hydrogen-bond donors (Lipinski definition) is 0. The molecular formula is C17H19IN2O. The second kappa shape index (κ2) is 5.83. The SMILES string of the molecule is CCOc1ccc(N2CCc3c(I)cc(C)nc32)c(C)c1. The van der Waals surface area contributed by atoms with E-state index in [1.165, 1.54) is 20.4 Å². The number of halogens is 1. The number of pyridine rings is 1. The van der Waals surface area contributed by atoms with Crippen LogP contribution in [0.4, 0.5) is 11.5 Å². The first-order valence-electron chi connectivity index (χ1n) is 7.27. The minimum absolute atomic E-state index is 0.699. The lowest BCUT2D eigenvalue weighted by Crippen LogP contribution is -2.15. The van der Waals surface area contributed by atoms with Crippen LogP contribution in [0, 0.1) is 17.4 Å². The van der Waals surface area contributed by atoms with Gasteiger partial charge >= 0.3 is 0 Å². The Morgan fingerprint density at radius 2 is 2.10 bits per heavy atom. The standard InChI is InChI=1S/C17H19IN2O/c1-4-21-13-5-6-16(11(2)9-13)20-8-7-14-15(18)10-12(3)19-17(14)20/h5-6,9-10H,4,7-8H2,1-3H3. The van der Waals surface area contributed by atoms with Crippen LogP contribution in [-0.4, -0.2) is 18.1 Å². The van der Waals surface area contributed by atoms with Gasteiger partial charge in [-0.2, -0.15) is 0 Å². The first kappa shape index (κ1) is 14.6. The molecule has 0 saturated heterocycles. The fourth-order valence-electron chi connectivity index (χ4n) is 2.85. The van der Waals surface area contributed by atoms with Crippen LogP contribution in [0.2, 0.25) is 0 Å². The van der Waals surface area contributed by atoms with E-state index in [0.717, 1.165) is 30.2 Å². The van der Waals surface area contributed by atoms with Crippen molar-refractivity contribution in [3.8, 4) is 5.75 Å². The maximum atomic E-state index is 5.58. The molecule has 1 aliphatic rings. The predicted molar refractivity (Wildman–Crippen MR) is 94.7 cm³/mol. The van der Waals surface area contributed by atoms with Crippen molar-refractivity contribution in [3.63, 3.8) is 0 Å². The third-order valence-corrected chi connectivity index (χ3v) is 4.75. The first-order chi connectivity index (χ1) is 10.1. The summed E-state index contributed by atoms with van der Waals surface area (Å²) in [5, 5.41) is 0. The molecule has 0 amide bonds. The molecule has 2 aromatic rings. The zero-order chi connectivity index (χ0) is 15.0. The molecule has 0 atom stereocenters.